The first kappa shape index (κ1) is 21.7. The van der Waals surface area contributed by atoms with E-state index in [1.165, 1.54) is 0 Å². The number of amides is 2. The number of hydrogen-bond donors (Lipinski definition) is 2. The number of benzene rings is 3. The summed E-state index contributed by atoms with van der Waals surface area (Å²) in [5, 5.41) is 6.65. The van der Waals surface area contributed by atoms with Gasteiger partial charge in [0.05, 0.1) is 26.5 Å². The largest absolute Gasteiger partial charge is 0.497 e. The summed E-state index contributed by atoms with van der Waals surface area (Å²) in [5.41, 5.74) is 3.94. The van der Waals surface area contributed by atoms with Gasteiger partial charge in [0, 0.05) is 18.2 Å². The summed E-state index contributed by atoms with van der Waals surface area (Å²) in [6.07, 6.45) is 2.29. The van der Waals surface area contributed by atoms with Gasteiger partial charge in [-0.15, -0.1) is 0 Å². The highest BCUT2D eigenvalue weighted by Crippen LogP contribution is 2.19. The van der Waals surface area contributed by atoms with E-state index in [0.29, 0.717) is 18.9 Å². The molecule has 0 radical (unpaired) electrons. The Kier molecular flexibility index (Phi) is 8.31. The summed E-state index contributed by atoms with van der Waals surface area (Å²) in [5.74, 6) is 2.25. The monoisotopic (exact) mass is 419 g/mol. The Hall–Kier alpha value is -4.00. The van der Waals surface area contributed by atoms with Gasteiger partial charge < -0.3 is 19.5 Å². The van der Waals surface area contributed by atoms with Crippen LogP contribution < -0.4 is 25.0 Å². The van der Waals surface area contributed by atoms with E-state index in [1.807, 2.05) is 66.7 Å². The number of urea groups is 1. The number of nitrogens with one attached hydrogen (secondary N) is 2. The zero-order chi connectivity index (χ0) is 21.7. The smallest absolute Gasteiger partial charge is 0.339 e. The predicted octanol–water partition coefficient (Wildman–Crippen LogP) is 4.70. The highest BCUT2D eigenvalue weighted by molar-refractivity contribution is 5.90. The highest BCUT2D eigenvalue weighted by Gasteiger charge is 2.00. The fourth-order valence-electron chi connectivity index (χ4n) is 2.66. The molecule has 0 unspecified atom stereocenters. The van der Waals surface area contributed by atoms with Gasteiger partial charge >= 0.3 is 6.03 Å². The third-order valence-electron chi connectivity index (χ3n) is 4.14. The Labute approximate surface area is 181 Å². The standard InChI is InChI=1S/C24H25N3O4/c1-29-21-11-6-13-23(17-21)31-15-7-14-30-22-12-5-8-19(16-22)18-25-27-24(28)26-20-9-3-2-4-10-20/h2-6,8-13,16-18H,7,14-15H2,1H3,(H2,26,27,28). The average Bonchev–Trinajstić information content (AvgIpc) is 2.80. The number of hydrogen-bond acceptors (Lipinski definition) is 5. The van der Waals surface area contributed by atoms with Crippen molar-refractivity contribution in [1.82, 2.24) is 5.43 Å². The maximum absolute atomic E-state index is 11.8. The molecule has 3 aromatic rings. The van der Waals surface area contributed by atoms with Crippen molar-refractivity contribution in [2.45, 2.75) is 6.42 Å². The first-order valence-corrected chi connectivity index (χ1v) is 9.88. The van der Waals surface area contributed by atoms with Gasteiger partial charge in [0.15, 0.2) is 0 Å². The predicted molar refractivity (Wildman–Crippen MR) is 121 cm³/mol. The lowest BCUT2D eigenvalue weighted by molar-refractivity contribution is 0.247. The maximum Gasteiger partial charge on any atom is 0.339 e. The second-order valence-electron chi connectivity index (χ2n) is 6.49. The zero-order valence-electron chi connectivity index (χ0n) is 17.3. The molecule has 7 heteroatoms. The normalized spacial score (nSPS) is 10.5. The Bertz CT molecular complexity index is 993. The van der Waals surface area contributed by atoms with E-state index in [4.69, 9.17) is 14.2 Å². The fourth-order valence-corrected chi connectivity index (χ4v) is 2.66. The molecule has 0 aliphatic rings. The van der Waals surface area contributed by atoms with E-state index in [-0.39, 0.29) is 0 Å². The number of hydrazone groups is 1. The Balaban J connectivity index is 1.38. The molecule has 3 rings (SSSR count). The Morgan fingerprint density at radius 2 is 1.55 bits per heavy atom. The van der Waals surface area contributed by atoms with E-state index in [9.17, 15) is 4.79 Å². The van der Waals surface area contributed by atoms with E-state index in [1.54, 1.807) is 25.5 Å². The molecule has 0 saturated heterocycles. The van der Waals surface area contributed by atoms with Crippen LogP contribution in [0.1, 0.15) is 12.0 Å². The van der Waals surface area contributed by atoms with E-state index in [0.717, 1.165) is 29.2 Å². The summed E-state index contributed by atoms with van der Waals surface area (Å²) in [6.45, 7) is 1.05. The minimum Gasteiger partial charge on any atom is -0.497 e. The van der Waals surface area contributed by atoms with Crippen LogP contribution >= 0.6 is 0 Å². The second kappa shape index (κ2) is 11.9. The van der Waals surface area contributed by atoms with Crippen LogP contribution in [0.2, 0.25) is 0 Å². The molecular formula is C24H25N3O4. The van der Waals surface area contributed by atoms with Crippen molar-refractivity contribution in [3.05, 3.63) is 84.4 Å². The molecule has 7 nitrogen and oxygen atoms in total. The summed E-state index contributed by atoms with van der Waals surface area (Å²) in [6, 6.07) is 23.7. The molecule has 0 saturated carbocycles. The molecule has 3 aromatic carbocycles. The molecule has 0 aliphatic heterocycles. The van der Waals surface area contributed by atoms with Gasteiger partial charge in [-0.1, -0.05) is 36.4 Å². The molecule has 0 atom stereocenters. The van der Waals surface area contributed by atoms with Crippen molar-refractivity contribution >= 4 is 17.9 Å². The SMILES string of the molecule is COc1cccc(OCCCOc2cccc(C=NNC(=O)Nc3ccccc3)c2)c1. The van der Waals surface area contributed by atoms with Crippen molar-refractivity contribution in [3.63, 3.8) is 0 Å². The van der Waals surface area contributed by atoms with Crippen LogP contribution in [0, 0.1) is 0 Å². The number of nitrogens with zero attached hydrogens (tertiary/aromatic N) is 1. The molecule has 160 valence electrons. The van der Waals surface area contributed by atoms with Crippen LogP contribution in [-0.4, -0.2) is 32.6 Å². The van der Waals surface area contributed by atoms with Crippen LogP contribution in [0.25, 0.3) is 0 Å². The molecule has 0 heterocycles. The molecular weight excluding hydrogens is 394 g/mol. The van der Waals surface area contributed by atoms with Crippen LogP contribution in [-0.2, 0) is 0 Å². The van der Waals surface area contributed by atoms with Crippen LogP contribution in [0.3, 0.4) is 0 Å². The summed E-state index contributed by atoms with van der Waals surface area (Å²) in [7, 11) is 1.63. The van der Waals surface area contributed by atoms with Gasteiger partial charge in [-0.25, -0.2) is 10.2 Å². The van der Waals surface area contributed by atoms with Crippen LogP contribution in [0.15, 0.2) is 84.0 Å². The van der Waals surface area contributed by atoms with Gasteiger partial charge in [0.1, 0.15) is 17.2 Å². The summed E-state index contributed by atoms with van der Waals surface area (Å²) < 4.78 is 16.6. The molecule has 2 amide bonds. The molecule has 0 fully saturated rings. The molecule has 31 heavy (non-hydrogen) atoms. The molecule has 0 bridgehead atoms. The Morgan fingerprint density at radius 1 is 0.871 bits per heavy atom. The fraction of sp³-hybridized carbons (Fsp3) is 0.167. The minimum absolute atomic E-state index is 0.411. The molecule has 0 aromatic heterocycles. The van der Waals surface area contributed by atoms with Gasteiger partial charge in [-0.2, -0.15) is 5.10 Å². The zero-order valence-corrected chi connectivity index (χ0v) is 17.3. The molecule has 0 spiro atoms. The molecule has 2 N–H and O–H groups in total. The number of methoxy groups -OCH3 is 1. The number of anilines is 1. The highest BCUT2D eigenvalue weighted by atomic mass is 16.5. The number of carbonyl (C=O) groups excluding carboxylic acids is 1. The van der Waals surface area contributed by atoms with Crippen LogP contribution in [0.5, 0.6) is 17.2 Å². The first-order valence-electron chi connectivity index (χ1n) is 9.88. The minimum atomic E-state index is -0.411. The van der Waals surface area contributed by atoms with Crippen molar-refractivity contribution in [2.75, 3.05) is 25.6 Å². The summed E-state index contributed by atoms with van der Waals surface area (Å²) >= 11 is 0. The van der Waals surface area contributed by atoms with E-state index >= 15 is 0 Å². The lowest BCUT2D eigenvalue weighted by Crippen LogP contribution is -2.24. The lowest BCUT2D eigenvalue weighted by Gasteiger charge is -2.09. The quantitative estimate of drug-likeness (QED) is 0.284. The number of para-hydroxylation sites is 1. The maximum atomic E-state index is 11.8. The Morgan fingerprint density at radius 3 is 2.29 bits per heavy atom. The van der Waals surface area contributed by atoms with Crippen molar-refractivity contribution in [2.24, 2.45) is 5.10 Å². The lowest BCUT2D eigenvalue weighted by atomic mass is 10.2. The first-order chi connectivity index (χ1) is 15.2. The van der Waals surface area contributed by atoms with Crippen molar-refractivity contribution in [1.29, 1.82) is 0 Å². The third-order valence-corrected chi connectivity index (χ3v) is 4.14. The van der Waals surface area contributed by atoms with Gasteiger partial charge in [-0.3, -0.25) is 0 Å². The topological polar surface area (TPSA) is 81.2 Å². The average molecular weight is 419 g/mol. The number of ether oxygens (including phenoxy) is 3. The second-order valence-corrected chi connectivity index (χ2v) is 6.49. The van der Waals surface area contributed by atoms with Crippen LogP contribution in [0.4, 0.5) is 10.5 Å². The van der Waals surface area contributed by atoms with Crippen molar-refractivity contribution < 1.29 is 19.0 Å². The van der Waals surface area contributed by atoms with Gasteiger partial charge in [-0.05, 0) is 42.0 Å². The number of rotatable bonds is 10. The van der Waals surface area contributed by atoms with Crippen molar-refractivity contribution in [3.8, 4) is 17.2 Å². The van der Waals surface area contributed by atoms with Gasteiger partial charge in [0.2, 0.25) is 0 Å². The molecule has 0 aliphatic carbocycles. The third kappa shape index (κ3) is 7.74. The number of carbonyl (C=O) groups is 1. The summed E-state index contributed by atoms with van der Waals surface area (Å²) in [4.78, 5) is 11.8. The van der Waals surface area contributed by atoms with E-state index < -0.39 is 6.03 Å². The van der Waals surface area contributed by atoms with Gasteiger partial charge in [0.25, 0.3) is 0 Å². The van der Waals surface area contributed by atoms with E-state index in [2.05, 4.69) is 15.8 Å².